The fraction of sp³-hybridized carbons (Fsp3) is 0.538. The van der Waals surface area contributed by atoms with Crippen molar-refractivity contribution >= 4 is 17.5 Å². The first kappa shape index (κ1) is 12.4. The molecule has 0 bridgehead atoms. The Morgan fingerprint density at radius 2 is 2.35 bits per heavy atom. The summed E-state index contributed by atoms with van der Waals surface area (Å²) in [6.07, 6.45) is 6.39. The van der Waals surface area contributed by atoms with Crippen LogP contribution in [0.25, 0.3) is 0 Å². The van der Waals surface area contributed by atoms with Gasteiger partial charge in [-0.15, -0.1) is 0 Å². The van der Waals surface area contributed by atoms with E-state index in [-0.39, 0.29) is 11.1 Å². The molecule has 1 aromatic rings. The Hall–Kier alpha value is -1.09. The highest BCUT2D eigenvalue weighted by atomic mass is 35.5. The minimum absolute atomic E-state index is 0.120. The molecule has 0 radical (unpaired) electrons. The second-order valence-corrected chi connectivity index (χ2v) is 5.13. The Labute approximate surface area is 107 Å². The lowest BCUT2D eigenvalue weighted by Gasteiger charge is -2.15. The van der Waals surface area contributed by atoms with Crippen molar-refractivity contribution in [3.05, 3.63) is 29.0 Å². The predicted octanol–water partition coefficient (Wildman–Crippen LogP) is 3.05. The largest absolute Gasteiger partial charge is 0.351 e. The molecule has 1 aliphatic carbocycles. The van der Waals surface area contributed by atoms with Gasteiger partial charge in [0.25, 0.3) is 5.91 Å². The molecule has 0 spiro atoms. The fourth-order valence-corrected chi connectivity index (χ4v) is 2.35. The number of carbonyl (C=O) groups is 1. The van der Waals surface area contributed by atoms with E-state index >= 15 is 0 Å². The smallest absolute Gasteiger partial charge is 0.254 e. The van der Waals surface area contributed by atoms with Crippen LogP contribution in [0.15, 0.2) is 18.3 Å². The van der Waals surface area contributed by atoms with E-state index in [4.69, 9.17) is 11.6 Å². The van der Waals surface area contributed by atoms with Crippen molar-refractivity contribution < 1.29 is 4.79 Å². The molecule has 1 amide bonds. The average molecular weight is 253 g/mol. The molecule has 92 valence electrons. The van der Waals surface area contributed by atoms with E-state index in [9.17, 15) is 4.79 Å². The Kier molecular flexibility index (Phi) is 3.67. The first-order valence-electron chi connectivity index (χ1n) is 6.06. The Bertz CT molecular complexity index is 416. The molecule has 0 unspecified atom stereocenters. The highest BCUT2D eigenvalue weighted by Gasteiger charge is 2.41. The molecule has 1 aliphatic rings. The molecule has 17 heavy (non-hydrogen) atoms. The molecular weight excluding hydrogens is 236 g/mol. The third kappa shape index (κ3) is 2.97. The molecule has 1 saturated carbocycles. The van der Waals surface area contributed by atoms with Crippen LogP contribution in [-0.4, -0.2) is 17.4 Å². The van der Waals surface area contributed by atoms with Crippen LogP contribution in [0.4, 0.5) is 0 Å². The highest BCUT2D eigenvalue weighted by molar-refractivity contribution is 6.32. The number of carbonyl (C=O) groups excluding carboxylic acids is 1. The summed E-state index contributed by atoms with van der Waals surface area (Å²) in [5, 5.41) is 3.23. The second kappa shape index (κ2) is 5.05. The summed E-state index contributed by atoms with van der Waals surface area (Å²) in [7, 11) is 0. The van der Waals surface area contributed by atoms with Crippen molar-refractivity contribution in [2.75, 3.05) is 6.54 Å². The van der Waals surface area contributed by atoms with Crippen LogP contribution in [-0.2, 0) is 0 Å². The number of hydrogen-bond acceptors (Lipinski definition) is 2. The third-order valence-electron chi connectivity index (χ3n) is 3.37. The van der Waals surface area contributed by atoms with Crippen LogP contribution in [0.3, 0.4) is 0 Å². The summed E-state index contributed by atoms with van der Waals surface area (Å²) in [5.41, 5.74) is 0.820. The zero-order chi connectivity index (χ0) is 12.3. The number of amides is 1. The van der Waals surface area contributed by atoms with E-state index in [1.807, 2.05) is 0 Å². The molecule has 4 heteroatoms. The van der Waals surface area contributed by atoms with Gasteiger partial charge in [-0.05, 0) is 36.8 Å². The summed E-state index contributed by atoms with van der Waals surface area (Å²) < 4.78 is 0. The number of aromatic nitrogens is 1. The topological polar surface area (TPSA) is 42.0 Å². The van der Waals surface area contributed by atoms with E-state index in [2.05, 4.69) is 17.2 Å². The maximum absolute atomic E-state index is 11.9. The molecule has 1 fully saturated rings. The van der Waals surface area contributed by atoms with Gasteiger partial charge in [0.05, 0.1) is 5.56 Å². The summed E-state index contributed by atoms with van der Waals surface area (Å²) in [6, 6.07) is 3.42. The fourth-order valence-electron chi connectivity index (χ4n) is 2.14. The molecule has 0 aliphatic heterocycles. The number of hydrogen-bond donors (Lipinski definition) is 1. The molecule has 0 atom stereocenters. The number of rotatable bonds is 5. The normalized spacial score (nSPS) is 16.6. The van der Waals surface area contributed by atoms with Crippen molar-refractivity contribution in [3.8, 4) is 0 Å². The van der Waals surface area contributed by atoms with Gasteiger partial charge in [-0.2, -0.15) is 0 Å². The lowest BCUT2D eigenvalue weighted by atomic mass is 10.0. The maximum Gasteiger partial charge on any atom is 0.254 e. The Morgan fingerprint density at radius 1 is 1.59 bits per heavy atom. The van der Waals surface area contributed by atoms with Gasteiger partial charge in [0.15, 0.2) is 0 Å². The quantitative estimate of drug-likeness (QED) is 0.819. The van der Waals surface area contributed by atoms with E-state index in [1.165, 1.54) is 25.7 Å². The highest BCUT2D eigenvalue weighted by Crippen LogP contribution is 2.48. The first-order valence-corrected chi connectivity index (χ1v) is 6.43. The van der Waals surface area contributed by atoms with Crippen LogP contribution in [0.2, 0.25) is 5.15 Å². The Balaban J connectivity index is 1.92. The van der Waals surface area contributed by atoms with Gasteiger partial charge < -0.3 is 5.32 Å². The molecule has 1 heterocycles. The van der Waals surface area contributed by atoms with Crippen LogP contribution in [0.5, 0.6) is 0 Å². The number of halogens is 1. The molecule has 1 N–H and O–H groups in total. The zero-order valence-electron chi connectivity index (χ0n) is 10.0. The summed E-state index contributed by atoms with van der Waals surface area (Å²) in [4.78, 5) is 15.8. The second-order valence-electron chi connectivity index (χ2n) is 4.77. The minimum Gasteiger partial charge on any atom is -0.351 e. The number of nitrogens with zero attached hydrogens (tertiary/aromatic N) is 1. The molecule has 3 nitrogen and oxygen atoms in total. The van der Waals surface area contributed by atoms with E-state index in [0.29, 0.717) is 11.0 Å². The minimum atomic E-state index is -0.120. The van der Waals surface area contributed by atoms with Gasteiger partial charge in [0.1, 0.15) is 5.15 Å². The van der Waals surface area contributed by atoms with Gasteiger partial charge >= 0.3 is 0 Å². The van der Waals surface area contributed by atoms with Crippen molar-refractivity contribution in [2.24, 2.45) is 5.41 Å². The lowest BCUT2D eigenvalue weighted by Crippen LogP contribution is -2.30. The van der Waals surface area contributed by atoms with Crippen molar-refractivity contribution in [3.63, 3.8) is 0 Å². The standard InChI is InChI=1S/C13H17ClN2O/c1-2-5-13(6-7-13)9-16-12(17)10-4-3-8-15-11(10)14/h3-4,8H,2,5-7,9H2,1H3,(H,16,17). The van der Waals surface area contributed by atoms with E-state index < -0.39 is 0 Å². The number of pyridine rings is 1. The lowest BCUT2D eigenvalue weighted by molar-refractivity contribution is 0.0943. The molecular formula is C13H17ClN2O. The first-order chi connectivity index (χ1) is 8.17. The van der Waals surface area contributed by atoms with Crippen LogP contribution in [0, 0.1) is 5.41 Å². The third-order valence-corrected chi connectivity index (χ3v) is 3.67. The summed E-state index contributed by atoms with van der Waals surface area (Å²) in [5.74, 6) is -0.120. The summed E-state index contributed by atoms with van der Waals surface area (Å²) >= 11 is 5.87. The van der Waals surface area contributed by atoms with E-state index in [0.717, 1.165) is 6.54 Å². The van der Waals surface area contributed by atoms with Gasteiger partial charge in [0.2, 0.25) is 0 Å². The van der Waals surface area contributed by atoms with Gasteiger partial charge in [-0.3, -0.25) is 4.79 Å². The monoisotopic (exact) mass is 252 g/mol. The van der Waals surface area contributed by atoms with Gasteiger partial charge in [-0.25, -0.2) is 4.98 Å². The average Bonchev–Trinajstić information content (AvgIpc) is 3.08. The molecule has 1 aromatic heterocycles. The van der Waals surface area contributed by atoms with Crippen LogP contribution in [0.1, 0.15) is 43.0 Å². The van der Waals surface area contributed by atoms with Crippen LogP contribution < -0.4 is 5.32 Å². The molecule has 0 aromatic carbocycles. The predicted molar refractivity (Wildman–Crippen MR) is 68.2 cm³/mol. The SMILES string of the molecule is CCCC1(CNC(=O)c2cccnc2Cl)CC1. The van der Waals surface area contributed by atoms with Gasteiger partial charge in [-0.1, -0.05) is 24.9 Å². The molecule has 0 saturated heterocycles. The summed E-state index contributed by atoms with van der Waals surface area (Å²) in [6.45, 7) is 2.94. The van der Waals surface area contributed by atoms with E-state index in [1.54, 1.807) is 18.3 Å². The van der Waals surface area contributed by atoms with Crippen molar-refractivity contribution in [1.82, 2.24) is 10.3 Å². The number of nitrogens with one attached hydrogen (secondary N) is 1. The van der Waals surface area contributed by atoms with Crippen molar-refractivity contribution in [1.29, 1.82) is 0 Å². The zero-order valence-corrected chi connectivity index (χ0v) is 10.8. The van der Waals surface area contributed by atoms with Crippen LogP contribution >= 0.6 is 11.6 Å². The molecule has 2 rings (SSSR count). The van der Waals surface area contributed by atoms with Crippen molar-refractivity contribution in [2.45, 2.75) is 32.6 Å². The maximum atomic E-state index is 11.9. The Morgan fingerprint density at radius 3 is 2.94 bits per heavy atom. The van der Waals surface area contributed by atoms with Gasteiger partial charge in [0, 0.05) is 12.7 Å².